The summed E-state index contributed by atoms with van der Waals surface area (Å²) in [6, 6.07) is 3.21. The maximum atomic E-state index is 14.3. The van der Waals surface area contributed by atoms with E-state index in [2.05, 4.69) is 5.32 Å². The molecule has 1 aromatic rings. The fraction of sp³-hybridized carbons (Fsp3) is 0.562. The van der Waals surface area contributed by atoms with Crippen LogP contribution in [-0.2, 0) is 10.5 Å². The molecule has 2 rings (SSSR count). The Morgan fingerprint density at radius 3 is 2.41 bits per heavy atom. The highest BCUT2D eigenvalue weighted by Gasteiger charge is 2.33. The number of benzene rings is 1. The Morgan fingerprint density at radius 2 is 1.95 bits per heavy atom. The molecule has 0 amide bonds. The van der Waals surface area contributed by atoms with E-state index in [4.69, 9.17) is 14.6 Å². The first-order valence-electron chi connectivity index (χ1n) is 7.19. The third-order valence-corrected chi connectivity index (χ3v) is 4.05. The van der Waals surface area contributed by atoms with Crippen LogP contribution in [-0.4, -0.2) is 31.8 Å². The van der Waals surface area contributed by atoms with Crippen LogP contribution in [0.3, 0.4) is 0 Å². The lowest BCUT2D eigenvalue weighted by molar-refractivity contribution is -0.141. The van der Waals surface area contributed by atoms with E-state index in [0.717, 1.165) is 5.56 Å². The van der Waals surface area contributed by atoms with E-state index in [9.17, 15) is 9.18 Å². The smallest absolute Gasteiger partial charge is 0.307 e. The van der Waals surface area contributed by atoms with Gasteiger partial charge in [0.1, 0.15) is 17.2 Å². The van der Waals surface area contributed by atoms with Crippen molar-refractivity contribution in [2.75, 3.05) is 20.8 Å². The second-order valence-electron chi connectivity index (χ2n) is 6.00. The first kappa shape index (κ1) is 16.5. The molecular weight excluding hydrogens is 289 g/mol. The van der Waals surface area contributed by atoms with Crippen LogP contribution in [0.5, 0.6) is 11.5 Å². The number of methoxy groups -OCH3 is 2. The highest BCUT2D eigenvalue weighted by Crippen LogP contribution is 2.41. The van der Waals surface area contributed by atoms with Crippen molar-refractivity contribution >= 4 is 5.97 Å². The highest BCUT2D eigenvalue weighted by molar-refractivity contribution is 5.71. The number of carboxylic acid groups (broad SMARTS) is 1. The Morgan fingerprint density at radius 1 is 1.32 bits per heavy atom. The van der Waals surface area contributed by atoms with Gasteiger partial charge in [-0.1, -0.05) is 0 Å². The molecule has 5 nitrogen and oxygen atoms in total. The molecule has 2 unspecified atom stereocenters. The van der Waals surface area contributed by atoms with Gasteiger partial charge < -0.3 is 19.9 Å². The lowest BCUT2D eigenvalue weighted by atomic mass is 9.93. The summed E-state index contributed by atoms with van der Waals surface area (Å²) in [5.41, 5.74) is -0.372. The van der Waals surface area contributed by atoms with Crippen LogP contribution in [0.1, 0.15) is 37.4 Å². The SMILES string of the molecule is COc1cc(C(C)(C)F)c(OC)cc1C1CC(C(=O)O)CN1. The highest BCUT2D eigenvalue weighted by atomic mass is 19.1. The number of carbonyl (C=O) groups is 1. The van der Waals surface area contributed by atoms with Crippen LogP contribution >= 0.6 is 0 Å². The Hall–Kier alpha value is -1.82. The molecule has 22 heavy (non-hydrogen) atoms. The summed E-state index contributed by atoms with van der Waals surface area (Å²) in [5.74, 6) is -0.283. The van der Waals surface area contributed by atoms with Crippen molar-refractivity contribution in [1.29, 1.82) is 0 Å². The molecular formula is C16H22FNO4. The summed E-state index contributed by atoms with van der Waals surface area (Å²) in [4.78, 5) is 11.1. The third-order valence-electron chi connectivity index (χ3n) is 4.05. The quantitative estimate of drug-likeness (QED) is 0.875. The number of hydrogen-bond donors (Lipinski definition) is 2. The summed E-state index contributed by atoms with van der Waals surface area (Å²) in [7, 11) is 3.01. The summed E-state index contributed by atoms with van der Waals surface area (Å²) < 4.78 is 25.0. The van der Waals surface area contributed by atoms with Crippen LogP contribution in [0.2, 0.25) is 0 Å². The predicted molar refractivity (Wildman–Crippen MR) is 80.2 cm³/mol. The lowest BCUT2D eigenvalue weighted by Gasteiger charge is -2.23. The van der Waals surface area contributed by atoms with Gasteiger partial charge in [0.25, 0.3) is 0 Å². The Kier molecular flexibility index (Phi) is 4.60. The van der Waals surface area contributed by atoms with Gasteiger partial charge >= 0.3 is 5.97 Å². The van der Waals surface area contributed by atoms with E-state index in [0.29, 0.717) is 30.0 Å². The van der Waals surface area contributed by atoms with Crippen LogP contribution in [0.15, 0.2) is 12.1 Å². The van der Waals surface area contributed by atoms with Crippen LogP contribution < -0.4 is 14.8 Å². The number of ether oxygens (including phenoxy) is 2. The molecule has 1 saturated heterocycles. The molecule has 1 heterocycles. The van der Waals surface area contributed by atoms with Gasteiger partial charge in [0.15, 0.2) is 0 Å². The first-order chi connectivity index (χ1) is 10.3. The molecule has 0 bridgehead atoms. The number of aliphatic carboxylic acids is 1. The van der Waals surface area contributed by atoms with Gasteiger partial charge in [0, 0.05) is 23.7 Å². The van der Waals surface area contributed by atoms with Crippen LogP contribution in [0, 0.1) is 5.92 Å². The average molecular weight is 311 g/mol. The van der Waals surface area contributed by atoms with Gasteiger partial charge in [0.05, 0.1) is 20.1 Å². The van der Waals surface area contributed by atoms with Crippen LogP contribution in [0.4, 0.5) is 4.39 Å². The number of halogens is 1. The zero-order valence-corrected chi connectivity index (χ0v) is 13.3. The largest absolute Gasteiger partial charge is 0.496 e. The number of rotatable bonds is 5. The molecule has 0 spiro atoms. The van der Waals surface area contributed by atoms with Crippen molar-refractivity contribution in [3.05, 3.63) is 23.3 Å². The summed E-state index contributed by atoms with van der Waals surface area (Å²) in [5, 5.41) is 12.3. The molecule has 1 aliphatic rings. The first-order valence-corrected chi connectivity index (χ1v) is 7.19. The van der Waals surface area contributed by atoms with E-state index in [-0.39, 0.29) is 6.04 Å². The molecule has 6 heteroatoms. The molecule has 122 valence electrons. The zero-order valence-electron chi connectivity index (χ0n) is 13.3. The molecule has 1 aromatic carbocycles. The van der Waals surface area contributed by atoms with E-state index < -0.39 is 17.6 Å². The molecule has 2 N–H and O–H groups in total. The number of nitrogens with one attached hydrogen (secondary N) is 1. The van der Waals surface area contributed by atoms with E-state index in [1.807, 2.05) is 0 Å². The topological polar surface area (TPSA) is 67.8 Å². The van der Waals surface area contributed by atoms with Gasteiger partial charge in [-0.3, -0.25) is 4.79 Å². The lowest BCUT2D eigenvalue weighted by Crippen LogP contribution is -2.18. The van der Waals surface area contributed by atoms with E-state index >= 15 is 0 Å². The second-order valence-corrected chi connectivity index (χ2v) is 6.00. The minimum absolute atomic E-state index is 0.151. The minimum Gasteiger partial charge on any atom is -0.496 e. The maximum absolute atomic E-state index is 14.3. The van der Waals surface area contributed by atoms with Crippen molar-refractivity contribution in [2.45, 2.75) is 32.0 Å². The second kappa shape index (κ2) is 6.12. The minimum atomic E-state index is -1.57. The molecule has 0 saturated carbocycles. The summed E-state index contributed by atoms with van der Waals surface area (Å²) in [6.45, 7) is 3.32. The average Bonchev–Trinajstić information content (AvgIpc) is 2.94. The molecule has 0 aliphatic carbocycles. The summed E-state index contributed by atoms with van der Waals surface area (Å²) in [6.07, 6.45) is 0.465. The van der Waals surface area contributed by atoms with Gasteiger partial charge in [-0.05, 0) is 32.4 Å². The van der Waals surface area contributed by atoms with Crippen molar-refractivity contribution < 1.29 is 23.8 Å². The molecule has 0 aromatic heterocycles. The normalized spacial score (nSPS) is 21.7. The third kappa shape index (κ3) is 3.16. The van der Waals surface area contributed by atoms with Gasteiger partial charge in [-0.2, -0.15) is 0 Å². The molecule has 2 atom stereocenters. The monoisotopic (exact) mass is 311 g/mol. The summed E-state index contributed by atoms with van der Waals surface area (Å²) >= 11 is 0. The zero-order chi connectivity index (χ0) is 16.5. The van der Waals surface area contributed by atoms with Crippen molar-refractivity contribution in [3.8, 4) is 11.5 Å². The van der Waals surface area contributed by atoms with Gasteiger partial charge in [-0.15, -0.1) is 0 Å². The Labute approximate surface area is 129 Å². The van der Waals surface area contributed by atoms with Crippen molar-refractivity contribution in [2.24, 2.45) is 5.92 Å². The Bertz CT molecular complexity index is 568. The standard InChI is InChI=1S/C16H22FNO4/c1-16(2,17)11-7-13(21-3)10(6-14(11)22-4)12-5-9(8-18-12)15(19)20/h6-7,9,12,18H,5,8H2,1-4H3,(H,19,20). The number of hydrogen-bond acceptors (Lipinski definition) is 4. The predicted octanol–water partition coefficient (Wildman–Crippen LogP) is 2.64. The van der Waals surface area contributed by atoms with Gasteiger partial charge in [-0.25, -0.2) is 4.39 Å². The fourth-order valence-corrected chi connectivity index (χ4v) is 2.82. The maximum Gasteiger partial charge on any atom is 0.307 e. The van der Waals surface area contributed by atoms with Gasteiger partial charge in [0.2, 0.25) is 0 Å². The number of alkyl halides is 1. The Balaban J connectivity index is 2.42. The number of carboxylic acids is 1. The fourth-order valence-electron chi connectivity index (χ4n) is 2.82. The molecule has 1 fully saturated rings. The molecule has 0 radical (unpaired) electrons. The van der Waals surface area contributed by atoms with Crippen molar-refractivity contribution in [3.63, 3.8) is 0 Å². The van der Waals surface area contributed by atoms with E-state index in [1.165, 1.54) is 28.1 Å². The molecule has 1 aliphatic heterocycles. The van der Waals surface area contributed by atoms with Crippen molar-refractivity contribution in [1.82, 2.24) is 5.32 Å². The van der Waals surface area contributed by atoms with Crippen LogP contribution in [0.25, 0.3) is 0 Å². The van der Waals surface area contributed by atoms with E-state index in [1.54, 1.807) is 12.1 Å².